The van der Waals surface area contributed by atoms with Gasteiger partial charge in [-0.05, 0) is 26.7 Å². The average molecular weight is 177 g/mol. The quantitative estimate of drug-likeness (QED) is 0.586. The smallest absolute Gasteiger partial charge is 0.0468 e. The molecule has 2 atom stereocenters. The molecule has 13 heavy (non-hydrogen) atoms. The number of nitrogens with zero attached hydrogens (tertiary/aromatic N) is 1. The van der Waals surface area contributed by atoms with E-state index < -0.39 is 0 Å². The van der Waals surface area contributed by atoms with Gasteiger partial charge in [0.25, 0.3) is 0 Å². The first-order valence-corrected chi connectivity index (χ1v) is 5.11. The summed E-state index contributed by atoms with van der Waals surface area (Å²) in [6.45, 7) is 6.49. The van der Waals surface area contributed by atoms with Gasteiger partial charge in [-0.3, -0.25) is 4.99 Å². The highest BCUT2D eigenvalue weighted by molar-refractivity contribution is 5.86. The summed E-state index contributed by atoms with van der Waals surface area (Å²) in [7, 11) is 0. The van der Waals surface area contributed by atoms with Crippen LogP contribution in [0, 0.1) is 5.92 Å². The summed E-state index contributed by atoms with van der Waals surface area (Å²) in [5.41, 5.74) is 1.27. The van der Waals surface area contributed by atoms with Gasteiger partial charge in [0.1, 0.15) is 0 Å². The van der Waals surface area contributed by atoms with Crippen LogP contribution >= 0.6 is 0 Å². The van der Waals surface area contributed by atoms with Crippen molar-refractivity contribution in [1.82, 2.24) is 0 Å². The lowest BCUT2D eigenvalue weighted by Crippen LogP contribution is -2.12. The zero-order valence-electron chi connectivity index (χ0n) is 8.83. The summed E-state index contributed by atoms with van der Waals surface area (Å²) < 4.78 is 0. The van der Waals surface area contributed by atoms with Crippen LogP contribution in [0.1, 0.15) is 33.6 Å². The predicted molar refractivity (Wildman–Crippen MR) is 59.2 cm³/mol. The molecule has 1 unspecified atom stereocenters. The predicted octanol–water partition coefficient (Wildman–Crippen LogP) is 3.38. The van der Waals surface area contributed by atoms with Crippen molar-refractivity contribution < 1.29 is 0 Å². The Morgan fingerprint density at radius 1 is 1.54 bits per heavy atom. The highest BCUT2D eigenvalue weighted by Gasteiger charge is 2.09. The van der Waals surface area contributed by atoms with Crippen molar-refractivity contribution in [3.63, 3.8) is 0 Å². The first-order valence-electron chi connectivity index (χ1n) is 5.11. The molecule has 1 aliphatic carbocycles. The summed E-state index contributed by atoms with van der Waals surface area (Å²) in [4.78, 5) is 4.65. The van der Waals surface area contributed by atoms with Gasteiger partial charge in [-0.1, -0.05) is 31.2 Å². The van der Waals surface area contributed by atoms with E-state index in [1.807, 2.05) is 0 Å². The maximum Gasteiger partial charge on any atom is 0.0468 e. The van der Waals surface area contributed by atoms with Gasteiger partial charge >= 0.3 is 0 Å². The molecule has 1 rings (SSSR count). The molecule has 1 heteroatoms. The highest BCUT2D eigenvalue weighted by atomic mass is 14.8. The molecule has 0 bridgehead atoms. The van der Waals surface area contributed by atoms with Crippen LogP contribution in [0.25, 0.3) is 0 Å². The van der Waals surface area contributed by atoms with Gasteiger partial charge in [-0.2, -0.15) is 0 Å². The molecule has 0 aromatic rings. The Hall–Kier alpha value is -0.850. The summed E-state index contributed by atoms with van der Waals surface area (Å²) in [6.07, 6.45) is 10.9. The van der Waals surface area contributed by atoms with Crippen molar-refractivity contribution in [2.75, 3.05) is 0 Å². The molecule has 0 aromatic carbocycles. The van der Waals surface area contributed by atoms with E-state index in [-0.39, 0.29) is 0 Å². The van der Waals surface area contributed by atoms with Crippen LogP contribution in [0.5, 0.6) is 0 Å². The topological polar surface area (TPSA) is 12.4 Å². The molecule has 0 amide bonds. The Morgan fingerprint density at radius 2 is 2.31 bits per heavy atom. The van der Waals surface area contributed by atoms with E-state index >= 15 is 0 Å². The second-order valence-electron chi connectivity index (χ2n) is 3.68. The Morgan fingerprint density at radius 3 is 2.85 bits per heavy atom. The minimum Gasteiger partial charge on any atom is -0.291 e. The highest BCUT2D eigenvalue weighted by Crippen LogP contribution is 2.14. The van der Waals surface area contributed by atoms with Crippen LogP contribution in [0.15, 0.2) is 29.3 Å². The molecule has 0 N–H and O–H groups in total. The third-order valence-electron chi connectivity index (χ3n) is 2.53. The largest absolute Gasteiger partial charge is 0.291 e. The Balaban J connectivity index is 2.56. The zero-order valence-corrected chi connectivity index (χ0v) is 8.83. The lowest BCUT2D eigenvalue weighted by atomic mass is 9.96. The number of hydrogen-bond acceptors (Lipinski definition) is 1. The van der Waals surface area contributed by atoms with Gasteiger partial charge in [0, 0.05) is 17.7 Å². The normalized spacial score (nSPS) is 24.8. The Labute approximate surface area is 81.3 Å². The molecule has 0 fully saturated rings. The van der Waals surface area contributed by atoms with E-state index in [2.05, 4.69) is 50.1 Å². The van der Waals surface area contributed by atoms with Crippen molar-refractivity contribution in [3.8, 4) is 0 Å². The van der Waals surface area contributed by atoms with Crippen LogP contribution in [-0.4, -0.2) is 11.8 Å². The van der Waals surface area contributed by atoms with Crippen LogP contribution in [0.4, 0.5) is 0 Å². The molecule has 0 saturated carbocycles. The van der Waals surface area contributed by atoms with Crippen molar-refractivity contribution >= 4 is 5.71 Å². The van der Waals surface area contributed by atoms with E-state index in [4.69, 9.17) is 0 Å². The summed E-state index contributed by atoms with van der Waals surface area (Å²) in [5.74, 6) is 0.541. The number of allylic oxidation sites excluding steroid dienone is 4. The van der Waals surface area contributed by atoms with E-state index in [1.54, 1.807) is 0 Å². The second kappa shape index (κ2) is 5.00. The molecular weight excluding hydrogens is 158 g/mol. The molecular formula is C12H19N. The first kappa shape index (κ1) is 10.2. The van der Waals surface area contributed by atoms with E-state index in [0.717, 1.165) is 12.8 Å². The summed E-state index contributed by atoms with van der Waals surface area (Å²) in [6, 6.07) is 0.472. The molecule has 1 aliphatic rings. The van der Waals surface area contributed by atoms with E-state index in [1.165, 1.54) is 5.71 Å². The maximum atomic E-state index is 4.65. The second-order valence-corrected chi connectivity index (χ2v) is 3.68. The van der Waals surface area contributed by atoms with Gasteiger partial charge in [0.05, 0.1) is 0 Å². The molecule has 0 aromatic heterocycles. The molecule has 0 saturated heterocycles. The number of rotatable bonds is 3. The monoisotopic (exact) mass is 177 g/mol. The average Bonchev–Trinajstić information content (AvgIpc) is 2.19. The van der Waals surface area contributed by atoms with Crippen LogP contribution < -0.4 is 0 Å². The van der Waals surface area contributed by atoms with Gasteiger partial charge in [-0.15, -0.1) is 0 Å². The Kier molecular flexibility index (Phi) is 3.94. The van der Waals surface area contributed by atoms with Crippen LogP contribution in [0.3, 0.4) is 0 Å². The van der Waals surface area contributed by atoms with Crippen molar-refractivity contribution in [2.24, 2.45) is 10.9 Å². The molecule has 72 valence electrons. The van der Waals surface area contributed by atoms with Gasteiger partial charge < -0.3 is 0 Å². The van der Waals surface area contributed by atoms with Crippen molar-refractivity contribution in [3.05, 3.63) is 24.3 Å². The fourth-order valence-corrected chi connectivity index (χ4v) is 1.43. The van der Waals surface area contributed by atoms with Crippen LogP contribution in [0.2, 0.25) is 0 Å². The standard InChI is InChI=1S/C12H19N/c1-4-10(2)13-11(3)12-8-6-5-7-9-12/h5-8,10,12H,4,9H2,1-3H3/t10-,12?/m0/s1. The number of aliphatic imine (C=N–C) groups is 1. The van der Waals surface area contributed by atoms with Gasteiger partial charge in [-0.25, -0.2) is 0 Å². The van der Waals surface area contributed by atoms with Crippen molar-refractivity contribution in [1.29, 1.82) is 0 Å². The lowest BCUT2D eigenvalue weighted by Gasteiger charge is -2.14. The molecule has 0 aliphatic heterocycles. The maximum absolute atomic E-state index is 4.65. The summed E-state index contributed by atoms with van der Waals surface area (Å²) >= 11 is 0. The van der Waals surface area contributed by atoms with Gasteiger partial charge in [0.2, 0.25) is 0 Å². The van der Waals surface area contributed by atoms with Crippen molar-refractivity contribution in [2.45, 2.75) is 39.7 Å². The third-order valence-corrected chi connectivity index (χ3v) is 2.53. The SMILES string of the molecule is CC[C@H](C)N=C(C)C1C=CC=CC1. The summed E-state index contributed by atoms with van der Waals surface area (Å²) in [5, 5.41) is 0. The van der Waals surface area contributed by atoms with E-state index in [0.29, 0.717) is 12.0 Å². The van der Waals surface area contributed by atoms with Gasteiger partial charge in [0.15, 0.2) is 0 Å². The zero-order chi connectivity index (χ0) is 9.68. The minimum atomic E-state index is 0.472. The third kappa shape index (κ3) is 3.17. The Bertz CT molecular complexity index is 236. The van der Waals surface area contributed by atoms with E-state index in [9.17, 15) is 0 Å². The number of hydrogen-bond donors (Lipinski definition) is 0. The van der Waals surface area contributed by atoms with Crippen LogP contribution in [-0.2, 0) is 0 Å². The first-order chi connectivity index (χ1) is 6.24. The molecule has 0 spiro atoms. The fourth-order valence-electron chi connectivity index (χ4n) is 1.43. The molecule has 1 nitrogen and oxygen atoms in total. The minimum absolute atomic E-state index is 0.472. The molecule has 0 heterocycles. The lowest BCUT2D eigenvalue weighted by molar-refractivity contribution is 0.704. The molecule has 0 radical (unpaired) electrons. The fraction of sp³-hybridized carbons (Fsp3) is 0.583.